The Morgan fingerprint density at radius 1 is 1.07 bits per heavy atom. The van der Waals surface area contributed by atoms with Crippen molar-refractivity contribution in [2.45, 2.75) is 39.7 Å². The Bertz CT molecular complexity index is 697. The zero-order valence-electron chi connectivity index (χ0n) is 17.7. The summed E-state index contributed by atoms with van der Waals surface area (Å²) >= 11 is 0. The number of rotatable bonds is 7. The maximum atomic E-state index is 12.3. The highest BCUT2D eigenvalue weighted by atomic mass is 16.5. The number of carbonyl (C=O) groups excluding carboxylic acids is 3. The van der Waals surface area contributed by atoms with Crippen molar-refractivity contribution in [2.24, 2.45) is 5.92 Å². The fraction of sp³-hybridized carbons (Fsp3) is 0.571. The van der Waals surface area contributed by atoms with Crippen LogP contribution in [0.5, 0.6) is 0 Å². The molecule has 160 valence electrons. The van der Waals surface area contributed by atoms with Gasteiger partial charge >= 0.3 is 12.0 Å². The largest absolute Gasteiger partial charge is 0.467 e. The van der Waals surface area contributed by atoms with Crippen LogP contribution in [0.2, 0.25) is 0 Å². The van der Waals surface area contributed by atoms with E-state index in [1.54, 1.807) is 0 Å². The summed E-state index contributed by atoms with van der Waals surface area (Å²) in [4.78, 5) is 40.0. The molecular weight excluding hydrogens is 372 g/mol. The van der Waals surface area contributed by atoms with Crippen molar-refractivity contribution in [1.29, 1.82) is 0 Å². The fourth-order valence-electron chi connectivity index (χ4n) is 3.35. The standard InChI is InChI=1S/C21H32N4O4/c1-5-19(26)25-12-10-24(11-13-25)17-8-6-16(7-9-17)22-21(28)23-18(14-15(2)3)20(27)29-4/h6-9,15,18H,5,10-14H2,1-4H3,(H2,22,23,28). The van der Waals surface area contributed by atoms with E-state index in [9.17, 15) is 14.4 Å². The minimum absolute atomic E-state index is 0.193. The molecular formula is C21H32N4O4. The van der Waals surface area contributed by atoms with Gasteiger partial charge in [0.15, 0.2) is 0 Å². The van der Waals surface area contributed by atoms with Crippen LogP contribution in [0.4, 0.5) is 16.2 Å². The number of hydrogen-bond donors (Lipinski definition) is 2. The molecule has 0 spiro atoms. The second-order valence-corrected chi connectivity index (χ2v) is 7.57. The first kappa shape index (κ1) is 22.5. The minimum atomic E-state index is -0.679. The molecule has 1 fully saturated rings. The summed E-state index contributed by atoms with van der Waals surface area (Å²) < 4.78 is 4.77. The second-order valence-electron chi connectivity index (χ2n) is 7.57. The molecule has 0 saturated carbocycles. The van der Waals surface area contributed by atoms with E-state index in [-0.39, 0.29) is 11.8 Å². The summed E-state index contributed by atoms with van der Waals surface area (Å²) in [6.45, 7) is 8.86. The number of nitrogens with zero attached hydrogens (tertiary/aromatic N) is 2. The van der Waals surface area contributed by atoms with Gasteiger partial charge in [-0.05, 0) is 36.6 Å². The first-order chi connectivity index (χ1) is 13.8. The average molecular weight is 405 g/mol. The van der Waals surface area contributed by atoms with E-state index in [0.717, 1.165) is 31.9 Å². The fourth-order valence-corrected chi connectivity index (χ4v) is 3.35. The van der Waals surface area contributed by atoms with Gasteiger partial charge in [-0.2, -0.15) is 0 Å². The third kappa shape index (κ3) is 6.66. The number of esters is 1. The molecule has 1 heterocycles. The number of amides is 3. The molecule has 1 aromatic carbocycles. The Hall–Kier alpha value is -2.77. The van der Waals surface area contributed by atoms with Gasteiger partial charge in [0.1, 0.15) is 6.04 Å². The minimum Gasteiger partial charge on any atom is -0.467 e. The first-order valence-electron chi connectivity index (χ1n) is 10.1. The molecule has 2 N–H and O–H groups in total. The van der Waals surface area contributed by atoms with Gasteiger partial charge in [-0.3, -0.25) is 4.79 Å². The lowest BCUT2D eigenvalue weighted by Crippen LogP contribution is -2.48. The normalized spacial score (nSPS) is 15.1. The molecule has 0 aromatic heterocycles. The lowest BCUT2D eigenvalue weighted by molar-refractivity contribution is -0.143. The molecule has 3 amide bonds. The number of piperazine rings is 1. The number of benzene rings is 1. The molecule has 0 aliphatic carbocycles. The number of urea groups is 1. The summed E-state index contributed by atoms with van der Waals surface area (Å²) in [6, 6.07) is 6.42. The first-order valence-corrected chi connectivity index (χ1v) is 10.1. The average Bonchev–Trinajstić information content (AvgIpc) is 2.72. The molecule has 8 heteroatoms. The molecule has 0 bridgehead atoms. The molecule has 1 aliphatic heterocycles. The lowest BCUT2D eigenvalue weighted by atomic mass is 10.0. The van der Waals surface area contributed by atoms with Gasteiger partial charge in [0.25, 0.3) is 0 Å². The third-order valence-electron chi connectivity index (χ3n) is 4.92. The van der Waals surface area contributed by atoms with Crippen LogP contribution in [0.25, 0.3) is 0 Å². The van der Waals surface area contributed by atoms with Crippen LogP contribution in [0, 0.1) is 5.92 Å². The predicted molar refractivity (Wildman–Crippen MR) is 113 cm³/mol. The van der Waals surface area contributed by atoms with Crippen molar-refractivity contribution in [1.82, 2.24) is 10.2 Å². The van der Waals surface area contributed by atoms with Gasteiger partial charge in [-0.15, -0.1) is 0 Å². The van der Waals surface area contributed by atoms with Crippen LogP contribution < -0.4 is 15.5 Å². The van der Waals surface area contributed by atoms with E-state index >= 15 is 0 Å². The Morgan fingerprint density at radius 3 is 2.21 bits per heavy atom. The van der Waals surface area contributed by atoms with Gasteiger partial charge in [-0.25, -0.2) is 9.59 Å². The quantitative estimate of drug-likeness (QED) is 0.681. The summed E-state index contributed by atoms with van der Waals surface area (Å²) in [5.74, 6) is -0.0189. The molecule has 1 aliphatic rings. The van der Waals surface area contributed by atoms with Crippen LogP contribution in [0.3, 0.4) is 0 Å². The molecule has 8 nitrogen and oxygen atoms in total. The van der Waals surface area contributed by atoms with E-state index in [1.807, 2.05) is 49.9 Å². The van der Waals surface area contributed by atoms with E-state index in [1.165, 1.54) is 7.11 Å². The predicted octanol–water partition coefficient (Wildman–Crippen LogP) is 2.45. The van der Waals surface area contributed by atoms with E-state index in [4.69, 9.17) is 4.74 Å². The zero-order valence-corrected chi connectivity index (χ0v) is 17.7. The van der Waals surface area contributed by atoms with E-state index in [2.05, 4.69) is 15.5 Å². The molecule has 1 unspecified atom stereocenters. The number of hydrogen-bond acceptors (Lipinski definition) is 5. The monoisotopic (exact) mass is 404 g/mol. The van der Waals surface area contributed by atoms with Gasteiger partial charge < -0.3 is 25.2 Å². The van der Waals surface area contributed by atoms with Crippen LogP contribution in [-0.2, 0) is 14.3 Å². The van der Waals surface area contributed by atoms with Crippen molar-refractivity contribution in [3.8, 4) is 0 Å². The topological polar surface area (TPSA) is 91.0 Å². The van der Waals surface area contributed by atoms with Gasteiger partial charge in [0.2, 0.25) is 5.91 Å². The van der Waals surface area contributed by atoms with E-state index < -0.39 is 18.0 Å². The Labute approximate surface area is 172 Å². The van der Waals surface area contributed by atoms with Crippen LogP contribution in [0.1, 0.15) is 33.6 Å². The summed E-state index contributed by atoms with van der Waals surface area (Å²) in [5, 5.41) is 5.43. The van der Waals surface area contributed by atoms with Gasteiger partial charge in [0, 0.05) is 44.0 Å². The van der Waals surface area contributed by atoms with Crippen molar-refractivity contribution < 1.29 is 19.1 Å². The second kappa shape index (κ2) is 10.7. The van der Waals surface area contributed by atoms with Crippen molar-refractivity contribution in [2.75, 3.05) is 43.5 Å². The maximum absolute atomic E-state index is 12.3. The molecule has 1 atom stereocenters. The highest BCUT2D eigenvalue weighted by molar-refractivity contribution is 5.92. The maximum Gasteiger partial charge on any atom is 0.328 e. The van der Waals surface area contributed by atoms with Gasteiger partial charge in [-0.1, -0.05) is 20.8 Å². The third-order valence-corrected chi connectivity index (χ3v) is 4.92. The highest BCUT2D eigenvalue weighted by Crippen LogP contribution is 2.20. The van der Waals surface area contributed by atoms with Crippen LogP contribution in [-0.4, -0.2) is 62.1 Å². The molecule has 29 heavy (non-hydrogen) atoms. The highest BCUT2D eigenvalue weighted by Gasteiger charge is 2.23. The van der Waals surface area contributed by atoms with Crippen molar-refractivity contribution >= 4 is 29.3 Å². The summed E-state index contributed by atoms with van der Waals surface area (Å²) in [5.41, 5.74) is 1.69. The number of carbonyl (C=O) groups is 3. The smallest absolute Gasteiger partial charge is 0.328 e. The molecule has 1 saturated heterocycles. The van der Waals surface area contributed by atoms with Crippen LogP contribution in [0.15, 0.2) is 24.3 Å². The lowest BCUT2D eigenvalue weighted by Gasteiger charge is -2.36. The number of ether oxygens (including phenoxy) is 1. The zero-order chi connectivity index (χ0) is 21.4. The van der Waals surface area contributed by atoms with Crippen molar-refractivity contribution in [3.63, 3.8) is 0 Å². The van der Waals surface area contributed by atoms with Crippen LogP contribution >= 0.6 is 0 Å². The molecule has 2 rings (SSSR count). The van der Waals surface area contributed by atoms with Gasteiger partial charge in [0.05, 0.1) is 7.11 Å². The van der Waals surface area contributed by atoms with Crippen molar-refractivity contribution in [3.05, 3.63) is 24.3 Å². The number of anilines is 2. The Kier molecular flexibility index (Phi) is 8.30. The molecule has 1 aromatic rings. The number of nitrogens with one attached hydrogen (secondary N) is 2. The Balaban J connectivity index is 1.89. The summed E-state index contributed by atoms with van der Waals surface area (Å²) in [7, 11) is 1.31. The summed E-state index contributed by atoms with van der Waals surface area (Å²) in [6.07, 6.45) is 1.04. The van der Waals surface area contributed by atoms with E-state index in [0.29, 0.717) is 18.5 Å². The Morgan fingerprint density at radius 2 is 1.69 bits per heavy atom. The number of methoxy groups -OCH3 is 1. The SMILES string of the molecule is CCC(=O)N1CCN(c2ccc(NC(=O)NC(CC(C)C)C(=O)OC)cc2)CC1. The molecule has 0 radical (unpaired) electrons.